The number of carbonyl (C=O) groups excluding carboxylic acids is 1. The van der Waals surface area contributed by atoms with E-state index in [1.807, 2.05) is 32.8 Å². The first kappa shape index (κ1) is 16.5. The van der Waals surface area contributed by atoms with E-state index in [4.69, 9.17) is 5.73 Å². The van der Waals surface area contributed by atoms with E-state index in [-0.39, 0.29) is 11.8 Å². The highest BCUT2D eigenvalue weighted by atomic mass is 16.2. The Labute approximate surface area is 121 Å². The molecule has 0 saturated heterocycles. The second-order valence-corrected chi connectivity index (χ2v) is 5.65. The van der Waals surface area contributed by atoms with Crippen molar-refractivity contribution in [2.75, 3.05) is 39.5 Å². The van der Waals surface area contributed by atoms with Gasteiger partial charge in [0.25, 0.3) is 5.91 Å². The van der Waals surface area contributed by atoms with Crippen LogP contribution in [0.3, 0.4) is 0 Å². The molecule has 0 radical (unpaired) electrons. The Morgan fingerprint density at radius 2 is 1.95 bits per heavy atom. The van der Waals surface area contributed by atoms with Crippen LogP contribution in [-0.2, 0) is 0 Å². The quantitative estimate of drug-likeness (QED) is 0.794. The summed E-state index contributed by atoms with van der Waals surface area (Å²) < 4.78 is 0. The molecule has 0 aliphatic heterocycles. The predicted molar refractivity (Wildman–Crippen MR) is 81.8 cm³/mol. The van der Waals surface area contributed by atoms with Crippen LogP contribution in [0.5, 0.6) is 0 Å². The van der Waals surface area contributed by atoms with Crippen molar-refractivity contribution in [2.24, 2.45) is 0 Å². The largest absolute Gasteiger partial charge is 0.395 e. The number of aromatic nitrogens is 2. The molecule has 0 unspecified atom stereocenters. The van der Waals surface area contributed by atoms with Gasteiger partial charge < -0.3 is 15.5 Å². The average Bonchev–Trinajstić information content (AvgIpc) is 2.75. The van der Waals surface area contributed by atoms with E-state index in [0.29, 0.717) is 17.9 Å². The number of anilines is 1. The first-order valence-corrected chi connectivity index (χ1v) is 7.16. The van der Waals surface area contributed by atoms with Gasteiger partial charge in [0.1, 0.15) is 0 Å². The second kappa shape index (κ2) is 7.28. The zero-order valence-electron chi connectivity index (χ0n) is 13.2. The van der Waals surface area contributed by atoms with E-state index in [9.17, 15) is 4.79 Å². The van der Waals surface area contributed by atoms with E-state index in [1.165, 1.54) is 0 Å². The van der Waals surface area contributed by atoms with Crippen LogP contribution < -0.4 is 5.73 Å². The highest BCUT2D eigenvalue weighted by Crippen LogP contribution is 2.23. The van der Waals surface area contributed by atoms with Crippen molar-refractivity contribution in [1.82, 2.24) is 20.0 Å². The fraction of sp³-hybridized carbons (Fsp3) is 0.714. The van der Waals surface area contributed by atoms with Gasteiger partial charge in [-0.25, -0.2) is 0 Å². The SMILES string of the molecule is CCCN(CCN(C)C)C(=O)c1n[nH]c(C(C)C)c1N. The maximum atomic E-state index is 12.5. The Balaban J connectivity index is 2.88. The van der Waals surface area contributed by atoms with Crippen LogP contribution in [0.15, 0.2) is 0 Å². The molecule has 0 fully saturated rings. The van der Waals surface area contributed by atoms with Crippen molar-refractivity contribution >= 4 is 11.6 Å². The van der Waals surface area contributed by atoms with Crippen molar-refractivity contribution < 1.29 is 4.79 Å². The van der Waals surface area contributed by atoms with Gasteiger partial charge in [-0.15, -0.1) is 0 Å². The van der Waals surface area contributed by atoms with Crippen molar-refractivity contribution in [3.63, 3.8) is 0 Å². The molecule has 1 aromatic heterocycles. The zero-order chi connectivity index (χ0) is 15.3. The number of nitrogens with zero attached hydrogens (tertiary/aromatic N) is 3. The standard InChI is InChI=1S/C14H27N5O/c1-6-7-19(9-8-18(4)5)14(20)13-11(15)12(10(2)3)16-17-13/h10H,6-9,15H2,1-5H3,(H,16,17). The van der Waals surface area contributed by atoms with Crippen molar-refractivity contribution in [3.8, 4) is 0 Å². The molecule has 1 amide bonds. The molecular weight excluding hydrogens is 254 g/mol. The van der Waals surface area contributed by atoms with Gasteiger partial charge in [0.15, 0.2) is 5.69 Å². The zero-order valence-corrected chi connectivity index (χ0v) is 13.2. The third kappa shape index (κ3) is 3.96. The molecule has 0 spiro atoms. The maximum absolute atomic E-state index is 12.5. The topological polar surface area (TPSA) is 78.2 Å². The number of rotatable bonds is 7. The van der Waals surface area contributed by atoms with Gasteiger partial charge in [0.2, 0.25) is 0 Å². The third-order valence-electron chi connectivity index (χ3n) is 3.21. The van der Waals surface area contributed by atoms with Crippen molar-refractivity contribution in [1.29, 1.82) is 0 Å². The van der Waals surface area contributed by atoms with Crippen LogP contribution in [0.4, 0.5) is 5.69 Å². The molecule has 3 N–H and O–H groups in total. The fourth-order valence-electron chi connectivity index (χ4n) is 2.02. The van der Waals surface area contributed by atoms with Gasteiger partial charge in [-0.2, -0.15) is 5.10 Å². The Hall–Kier alpha value is -1.56. The van der Waals surface area contributed by atoms with Crippen LogP contribution in [0.2, 0.25) is 0 Å². The van der Waals surface area contributed by atoms with E-state index in [0.717, 1.165) is 25.2 Å². The lowest BCUT2D eigenvalue weighted by Gasteiger charge is -2.23. The lowest BCUT2D eigenvalue weighted by molar-refractivity contribution is 0.0740. The summed E-state index contributed by atoms with van der Waals surface area (Å²) in [7, 11) is 3.99. The molecule has 0 atom stereocenters. The summed E-state index contributed by atoms with van der Waals surface area (Å²) in [6.07, 6.45) is 0.917. The number of likely N-dealkylation sites (N-methyl/N-ethyl adjacent to an activating group) is 1. The predicted octanol–water partition coefficient (Wildman–Crippen LogP) is 1.53. The van der Waals surface area contributed by atoms with Gasteiger partial charge >= 0.3 is 0 Å². The molecule has 1 heterocycles. The Kier molecular flexibility index (Phi) is 6.01. The molecule has 0 saturated carbocycles. The van der Waals surface area contributed by atoms with Gasteiger partial charge in [-0.05, 0) is 26.4 Å². The average molecular weight is 281 g/mol. The summed E-state index contributed by atoms with van der Waals surface area (Å²) in [5.74, 6) is 0.139. The number of aromatic amines is 1. The monoisotopic (exact) mass is 281 g/mol. The number of nitrogens with two attached hydrogens (primary N) is 1. The van der Waals surface area contributed by atoms with Gasteiger partial charge in [0.05, 0.1) is 11.4 Å². The molecule has 1 aromatic rings. The highest BCUT2D eigenvalue weighted by Gasteiger charge is 2.23. The number of H-pyrrole nitrogens is 1. The fourth-order valence-corrected chi connectivity index (χ4v) is 2.02. The number of hydrogen-bond acceptors (Lipinski definition) is 4. The molecular formula is C14H27N5O. The Morgan fingerprint density at radius 3 is 2.40 bits per heavy atom. The first-order chi connectivity index (χ1) is 9.38. The van der Waals surface area contributed by atoms with E-state index < -0.39 is 0 Å². The molecule has 1 rings (SSSR count). The normalized spacial score (nSPS) is 11.3. The maximum Gasteiger partial charge on any atom is 0.276 e. The summed E-state index contributed by atoms with van der Waals surface area (Å²) in [5, 5.41) is 7.00. The van der Waals surface area contributed by atoms with Gasteiger partial charge in [0, 0.05) is 19.6 Å². The van der Waals surface area contributed by atoms with Crippen LogP contribution in [0.1, 0.15) is 49.3 Å². The van der Waals surface area contributed by atoms with Crippen LogP contribution >= 0.6 is 0 Å². The number of amides is 1. The lowest BCUT2D eigenvalue weighted by Crippen LogP contribution is -2.37. The molecule has 114 valence electrons. The molecule has 0 aromatic carbocycles. The Morgan fingerprint density at radius 1 is 1.30 bits per heavy atom. The van der Waals surface area contributed by atoms with Crippen molar-refractivity contribution in [3.05, 3.63) is 11.4 Å². The summed E-state index contributed by atoms with van der Waals surface area (Å²) in [5.41, 5.74) is 7.70. The smallest absolute Gasteiger partial charge is 0.276 e. The second-order valence-electron chi connectivity index (χ2n) is 5.65. The first-order valence-electron chi connectivity index (χ1n) is 7.16. The lowest BCUT2D eigenvalue weighted by atomic mass is 10.1. The van der Waals surface area contributed by atoms with Gasteiger partial charge in [-0.3, -0.25) is 9.89 Å². The Bertz CT molecular complexity index is 439. The molecule has 6 heteroatoms. The summed E-state index contributed by atoms with van der Waals surface area (Å²) in [6, 6.07) is 0. The number of nitrogens with one attached hydrogen (secondary N) is 1. The number of hydrogen-bond donors (Lipinski definition) is 2. The molecule has 0 bridgehead atoms. The van der Waals surface area contributed by atoms with Crippen LogP contribution in [0.25, 0.3) is 0 Å². The van der Waals surface area contributed by atoms with Crippen LogP contribution in [-0.4, -0.2) is 59.6 Å². The van der Waals surface area contributed by atoms with E-state index in [1.54, 1.807) is 0 Å². The number of carbonyl (C=O) groups is 1. The van der Waals surface area contributed by atoms with E-state index in [2.05, 4.69) is 22.0 Å². The summed E-state index contributed by atoms with van der Waals surface area (Å²) >= 11 is 0. The third-order valence-corrected chi connectivity index (χ3v) is 3.21. The minimum absolute atomic E-state index is 0.0886. The summed E-state index contributed by atoms with van der Waals surface area (Å²) in [4.78, 5) is 16.4. The minimum Gasteiger partial charge on any atom is -0.395 e. The van der Waals surface area contributed by atoms with Gasteiger partial charge in [-0.1, -0.05) is 20.8 Å². The highest BCUT2D eigenvalue weighted by molar-refractivity contribution is 5.97. The number of nitrogen functional groups attached to an aromatic ring is 1. The molecule has 6 nitrogen and oxygen atoms in total. The molecule has 20 heavy (non-hydrogen) atoms. The molecule has 0 aliphatic carbocycles. The minimum atomic E-state index is -0.0886. The van der Waals surface area contributed by atoms with Crippen LogP contribution in [0, 0.1) is 0 Å². The van der Waals surface area contributed by atoms with Crippen molar-refractivity contribution in [2.45, 2.75) is 33.1 Å². The molecule has 0 aliphatic rings. The summed E-state index contributed by atoms with van der Waals surface area (Å²) in [6.45, 7) is 8.33. The van der Waals surface area contributed by atoms with E-state index >= 15 is 0 Å².